The van der Waals surface area contributed by atoms with E-state index in [9.17, 15) is 9.59 Å². The normalized spacial score (nSPS) is 15.6. The van der Waals surface area contributed by atoms with Crippen molar-refractivity contribution in [3.05, 3.63) is 64.3 Å². The Labute approximate surface area is 176 Å². The number of hydrogen-bond donors (Lipinski definition) is 1. The molecule has 0 saturated heterocycles. The molecule has 7 heteroatoms. The predicted molar refractivity (Wildman–Crippen MR) is 117 cm³/mol. The number of fused-ring (bicyclic) bond motifs is 3. The van der Waals surface area contributed by atoms with E-state index < -0.39 is 11.9 Å². The fraction of sp³-hybridized carbons (Fsp3) is 0.227. The Morgan fingerprint density at radius 3 is 2.72 bits per heavy atom. The van der Waals surface area contributed by atoms with Crippen LogP contribution in [0.15, 0.2) is 58.0 Å². The standard InChI is InChI=1S/C22H20BrN3O3/c1-2-29-21(27)18-13-24-12-11-17-16-5-3-4-6-19(16)26(20(17)18)22(28)25-15-9-7-14(23)8-10-15/h3-10,13,18H,2,11-12H2,1H3,(H,25,28). The number of aliphatic imine (C=N–C) groups is 1. The number of halogens is 1. The van der Waals surface area contributed by atoms with Crippen LogP contribution in [0.4, 0.5) is 10.5 Å². The fourth-order valence-electron chi connectivity index (χ4n) is 3.68. The molecule has 1 N–H and O–H groups in total. The van der Waals surface area contributed by atoms with Crippen molar-refractivity contribution in [2.24, 2.45) is 4.99 Å². The van der Waals surface area contributed by atoms with Crippen molar-refractivity contribution in [3.63, 3.8) is 0 Å². The summed E-state index contributed by atoms with van der Waals surface area (Å²) in [5.41, 5.74) is 3.01. The SMILES string of the molecule is CCOC(=O)C1C=NCCc2c1n(C(=O)Nc1ccc(Br)cc1)c1ccccc21. The van der Waals surface area contributed by atoms with Crippen molar-refractivity contribution in [2.45, 2.75) is 19.3 Å². The maximum atomic E-state index is 13.3. The lowest BCUT2D eigenvalue weighted by Gasteiger charge is -2.16. The molecule has 0 fully saturated rings. The van der Waals surface area contributed by atoms with Gasteiger partial charge >= 0.3 is 12.0 Å². The zero-order chi connectivity index (χ0) is 20.4. The smallest absolute Gasteiger partial charge is 0.330 e. The average molecular weight is 454 g/mol. The third-order valence-corrected chi connectivity index (χ3v) is 5.43. The van der Waals surface area contributed by atoms with Crippen LogP contribution >= 0.6 is 15.9 Å². The highest BCUT2D eigenvalue weighted by Crippen LogP contribution is 2.33. The lowest BCUT2D eigenvalue weighted by Crippen LogP contribution is -2.27. The number of anilines is 1. The number of carbonyl (C=O) groups excluding carboxylic acids is 2. The molecule has 148 valence electrons. The predicted octanol–water partition coefficient (Wildman–Crippen LogP) is 4.76. The van der Waals surface area contributed by atoms with Gasteiger partial charge in [-0.2, -0.15) is 0 Å². The van der Waals surface area contributed by atoms with Crippen LogP contribution in [0.25, 0.3) is 10.9 Å². The molecule has 3 aromatic rings. The number of benzene rings is 2. The maximum Gasteiger partial charge on any atom is 0.330 e. The molecular formula is C22H20BrN3O3. The van der Waals surface area contributed by atoms with Gasteiger partial charge in [-0.15, -0.1) is 0 Å². The quantitative estimate of drug-likeness (QED) is 0.581. The van der Waals surface area contributed by atoms with Crippen molar-refractivity contribution in [2.75, 3.05) is 18.5 Å². The van der Waals surface area contributed by atoms with E-state index in [1.165, 1.54) is 0 Å². The Balaban J connectivity index is 1.86. The third kappa shape index (κ3) is 3.70. The molecule has 2 aromatic carbocycles. The van der Waals surface area contributed by atoms with Gasteiger partial charge in [0.15, 0.2) is 0 Å². The molecule has 0 saturated carbocycles. The summed E-state index contributed by atoms with van der Waals surface area (Å²) in [6, 6.07) is 14.7. The first-order valence-electron chi connectivity index (χ1n) is 9.46. The van der Waals surface area contributed by atoms with Crippen LogP contribution < -0.4 is 5.32 Å². The molecule has 1 aliphatic heterocycles. The summed E-state index contributed by atoms with van der Waals surface area (Å²) in [7, 11) is 0. The minimum Gasteiger partial charge on any atom is -0.465 e. The van der Waals surface area contributed by atoms with E-state index in [1.807, 2.05) is 48.5 Å². The highest BCUT2D eigenvalue weighted by Gasteiger charge is 2.32. The second-order valence-electron chi connectivity index (χ2n) is 6.69. The van der Waals surface area contributed by atoms with Gasteiger partial charge in [0.25, 0.3) is 0 Å². The molecule has 1 aliphatic rings. The summed E-state index contributed by atoms with van der Waals surface area (Å²) >= 11 is 3.40. The van der Waals surface area contributed by atoms with Crippen LogP contribution in [0.3, 0.4) is 0 Å². The van der Waals surface area contributed by atoms with Gasteiger partial charge in [0.2, 0.25) is 0 Å². The lowest BCUT2D eigenvalue weighted by atomic mass is 10.00. The Bertz CT molecular complexity index is 1100. The van der Waals surface area contributed by atoms with E-state index in [2.05, 4.69) is 26.2 Å². The summed E-state index contributed by atoms with van der Waals surface area (Å²) in [5, 5.41) is 3.88. The lowest BCUT2D eigenvalue weighted by molar-refractivity contribution is -0.143. The van der Waals surface area contributed by atoms with Gasteiger partial charge in [-0.05, 0) is 49.2 Å². The van der Waals surface area contributed by atoms with Crippen molar-refractivity contribution >= 4 is 50.7 Å². The Morgan fingerprint density at radius 2 is 1.97 bits per heavy atom. The highest BCUT2D eigenvalue weighted by molar-refractivity contribution is 9.10. The molecule has 6 nitrogen and oxygen atoms in total. The van der Waals surface area contributed by atoms with Gasteiger partial charge in [-0.25, -0.2) is 4.79 Å². The molecule has 1 atom stereocenters. The number of ether oxygens (including phenoxy) is 1. The van der Waals surface area contributed by atoms with E-state index in [4.69, 9.17) is 4.74 Å². The number of esters is 1. The molecule has 29 heavy (non-hydrogen) atoms. The molecule has 1 amide bonds. The molecule has 4 rings (SSSR count). The largest absolute Gasteiger partial charge is 0.465 e. The van der Waals surface area contributed by atoms with E-state index in [0.29, 0.717) is 24.3 Å². The van der Waals surface area contributed by atoms with Crippen LogP contribution in [0.2, 0.25) is 0 Å². The minimum atomic E-state index is -0.726. The van der Waals surface area contributed by atoms with Crippen molar-refractivity contribution in [3.8, 4) is 0 Å². The second kappa shape index (κ2) is 8.21. The van der Waals surface area contributed by atoms with Gasteiger partial charge < -0.3 is 10.1 Å². The summed E-state index contributed by atoms with van der Waals surface area (Å²) in [6.45, 7) is 2.59. The number of hydrogen-bond acceptors (Lipinski definition) is 4. The fourth-order valence-corrected chi connectivity index (χ4v) is 3.94. The van der Waals surface area contributed by atoms with Crippen LogP contribution in [0.1, 0.15) is 24.1 Å². The molecule has 1 unspecified atom stereocenters. The average Bonchev–Trinajstić information content (AvgIpc) is 2.88. The first kappa shape index (κ1) is 19.4. The second-order valence-corrected chi connectivity index (χ2v) is 7.60. The van der Waals surface area contributed by atoms with Gasteiger partial charge in [0.05, 0.1) is 17.8 Å². The Hall–Kier alpha value is -2.93. The number of nitrogens with zero attached hydrogens (tertiary/aromatic N) is 2. The van der Waals surface area contributed by atoms with Crippen LogP contribution in [0.5, 0.6) is 0 Å². The van der Waals surface area contributed by atoms with Gasteiger partial charge in [-0.3, -0.25) is 14.4 Å². The Morgan fingerprint density at radius 1 is 1.21 bits per heavy atom. The monoisotopic (exact) mass is 453 g/mol. The molecule has 0 spiro atoms. The summed E-state index contributed by atoms with van der Waals surface area (Å²) in [5.74, 6) is -1.13. The van der Waals surface area contributed by atoms with Crippen LogP contribution in [-0.2, 0) is 16.0 Å². The maximum absolute atomic E-state index is 13.3. The van der Waals surface area contributed by atoms with Crippen LogP contribution in [0, 0.1) is 0 Å². The number of rotatable bonds is 3. The molecule has 0 aliphatic carbocycles. The van der Waals surface area contributed by atoms with Crippen molar-refractivity contribution in [1.29, 1.82) is 0 Å². The topological polar surface area (TPSA) is 72.7 Å². The summed E-state index contributed by atoms with van der Waals surface area (Å²) in [6.07, 6.45) is 2.26. The summed E-state index contributed by atoms with van der Waals surface area (Å²) in [4.78, 5) is 30.4. The number of aromatic nitrogens is 1. The van der Waals surface area contributed by atoms with Gasteiger partial charge in [0, 0.05) is 28.3 Å². The molecule has 0 bridgehead atoms. The summed E-state index contributed by atoms with van der Waals surface area (Å²) < 4.78 is 7.79. The van der Waals surface area contributed by atoms with Crippen molar-refractivity contribution < 1.29 is 14.3 Å². The Kier molecular flexibility index (Phi) is 5.49. The molecule has 0 radical (unpaired) electrons. The minimum absolute atomic E-state index is 0.268. The zero-order valence-electron chi connectivity index (χ0n) is 15.9. The van der Waals surface area contributed by atoms with Gasteiger partial charge in [-0.1, -0.05) is 34.1 Å². The van der Waals surface area contributed by atoms with E-state index in [1.54, 1.807) is 17.7 Å². The van der Waals surface area contributed by atoms with E-state index in [0.717, 1.165) is 20.9 Å². The number of carbonyl (C=O) groups is 2. The van der Waals surface area contributed by atoms with E-state index >= 15 is 0 Å². The van der Waals surface area contributed by atoms with Gasteiger partial charge in [0.1, 0.15) is 5.92 Å². The molecule has 2 heterocycles. The van der Waals surface area contributed by atoms with Crippen molar-refractivity contribution in [1.82, 2.24) is 4.57 Å². The molecular weight excluding hydrogens is 434 g/mol. The first-order valence-corrected chi connectivity index (χ1v) is 10.2. The molecule has 1 aromatic heterocycles. The number of amides is 1. The van der Waals surface area contributed by atoms with E-state index in [-0.39, 0.29) is 12.6 Å². The highest BCUT2D eigenvalue weighted by atomic mass is 79.9. The number of para-hydroxylation sites is 1. The first-order chi connectivity index (χ1) is 14.1. The number of nitrogens with one attached hydrogen (secondary N) is 1. The van der Waals surface area contributed by atoms with Crippen LogP contribution in [-0.4, -0.2) is 35.9 Å². The zero-order valence-corrected chi connectivity index (χ0v) is 17.5. The third-order valence-electron chi connectivity index (χ3n) is 4.90.